The molecule has 0 spiro atoms. The van der Waals surface area contributed by atoms with Gasteiger partial charge in [-0.05, 0) is 50.7 Å². The highest BCUT2D eigenvalue weighted by atomic mass is 19.1. The van der Waals surface area contributed by atoms with Crippen LogP contribution < -0.4 is 9.64 Å². The van der Waals surface area contributed by atoms with Crippen LogP contribution in [0.4, 0.5) is 14.5 Å². The zero-order valence-corrected chi connectivity index (χ0v) is 16.9. The SMILES string of the molecule is CCOC(=O)CC1CCN(c2c(F)cc(-c3nccc(OC4CCC4)n3)cc2F)C1. The molecule has 1 unspecified atom stereocenters. The molecule has 0 radical (unpaired) electrons. The average Bonchev–Trinajstić information content (AvgIpc) is 3.12. The summed E-state index contributed by atoms with van der Waals surface area (Å²) >= 11 is 0. The molecule has 8 heteroatoms. The lowest BCUT2D eigenvalue weighted by molar-refractivity contribution is -0.144. The minimum absolute atomic E-state index is 0.0196. The van der Waals surface area contributed by atoms with E-state index in [1.807, 2.05) is 0 Å². The first-order chi connectivity index (χ1) is 14.5. The molecule has 2 aliphatic rings. The van der Waals surface area contributed by atoms with E-state index >= 15 is 0 Å². The Balaban J connectivity index is 1.49. The van der Waals surface area contributed by atoms with Gasteiger partial charge in [0.15, 0.2) is 5.82 Å². The number of nitrogens with zero attached hydrogens (tertiary/aromatic N) is 3. The third-order valence-corrected chi connectivity index (χ3v) is 5.61. The molecule has 2 heterocycles. The maximum atomic E-state index is 14.9. The predicted molar refractivity (Wildman–Crippen MR) is 107 cm³/mol. The van der Waals surface area contributed by atoms with E-state index in [1.165, 1.54) is 18.3 Å². The van der Waals surface area contributed by atoms with Crippen LogP contribution in [-0.4, -0.2) is 41.7 Å². The number of hydrogen-bond acceptors (Lipinski definition) is 6. The largest absolute Gasteiger partial charge is 0.474 e. The third-order valence-electron chi connectivity index (χ3n) is 5.61. The van der Waals surface area contributed by atoms with E-state index in [2.05, 4.69) is 9.97 Å². The molecule has 2 fully saturated rings. The summed E-state index contributed by atoms with van der Waals surface area (Å²) < 4.78 is 40.5. The first kappa shape index (κ1) is 20.5. The minimum atomic E-state index is -0.671. The van der Waals surface area contributed by atoms with Gasteiger partial charge in [-0.2, -0.15) is 4.98 Å². The van der Waals surface area contributed by atoms with Crippen LogP contribution in [0, 0.1) is 17.6 Å². The van der Waals surface area contributed by atoms with Gasteiger partial charge in [-0.1, -0.05) is 0 Å². The van der Waals surface area contributed by atoms with Crippen LogP contribution in [0.3, 0.4) is 0 Å². The van der Waals surface area contributed by atoms with Gasteiger partial charge >= 0.3 is 5.97 Å². The van der Waals surface area contributed by atoms with Gasteiger partial charge in [0, 0.05) is 30.9 Å². The second-order valence-electron chi connectivity index (χ2n) is 7.79. The molecule has 0 N–H and O–H groups in total. The van der Waals surface area contributed by atoms with Gasteiger partial charge in [-0.3, -0.25) is 4.79 Å². The first-order valence-corrected chi connectivity index (χ1v) is 10.4. The molecule has 4 rings (SSSR count). The van der Waals surface area contributed by atoms with E-state index in [0.717, 1.165) is 19.3 Å². The highest BCUT2D eigenvalue weighted by Gasteiger charge is 2.29. The van der Waals surface area contributed by atoms with E-state index in [9.17, 15) is 13.6 Å². The van der Waals surface area contributed by atoms with Gasteiger partial charge in [-0.15, -0.1) is 0 Å². The Kier molecular flexibility index (Phi) is 6.11. The molecule has 0 bridgehead atoms. The van der Waals surface area contributed by atoms with Crippen molar-refractivity contribution in [1.82, 2.24) is 9.97 Å². The first-order valence-electron chi connectivity index (χ1n) is 10.4. The molecule has 1 saturated heterocycles. The van der Waals surface area contributed by atoms with Crippen molar-refractivity contribution in [2.75, 3.05) is 24.6 Å². The number of halogens is 2. The summed E-state index contributed by atoms with van der Waals surface area (Å²) in [5.74, 6) is -0.965. The Labute approximate surface area is 174 Å². The van der Waals surface area contributed by atoms with Crippen molar-refractivity contribution in [2.45, 2.75) is 45.1 Å². The number of esters is 1. The van der Waals surface area contributed by atoms with Crippen LogP contribution in [0.15, 0.2) is 24.4 Å². The maximum absolute atomic E-state index is 14.9. The molecule has 6 nitrogen and oxygen atoms in total. The molecule has 1 saturated carbocycles. The lowest BCUT2D eigenvalue weighted by Crippen LogP contribution is -2.25. The standard InChI is InChI=1S/C22H25F2N3O3/c1-2-29-20(28)10-14-7-9-27(13-14)21-17(23)11-15(12-18(21)24)22-25-8-6-19(26-22)30-16-4-3-5-16/h6,8,11-12,14,16H,2-5,7,9-10,13H2,1H3. The fourth-order valence-electron chi connectivity index (χ4n) is 3.86. The Morgan fingerprint density at radius 3 is 2.67 bits per heavy atom. The topological polar surface area (TPSA) is 64.5 Å². The summed E-state index contributed by atoms with van der Waals surface area (Å²) in [6.07, 6.45) is 5.74. The predicted octanol–water partition coefficient (Wildman–Crippen LogP) is 4.13. The smallest absolute Gasteiger partial charge is 0.306 e. The molecule has 1 aliphatic carbocycles. The van der Waals surface area contributed by atoms with Crippen LogP contribution >= 0.6 is 0 Å². The second-order valence-corrected chi connectivity index (χ2v) is 7.79. The number of rotatable bonds is 7. The van der Waals surface area contributed by atoms with E-state index < -0.39 is 11.6 Å². The fraction of sp³-hybridized carbons (Fsp3) is 0.500. The Morgan fingerprint density at radius 2 is 2.00 bits per heavy atom. The van der Waals surface area contributed by atoms with Crippen LogP contribution in [0.25, 0.3) is 11.4 Å². The number of carbonyl (C=O) groups is 1. The van der Waals surface area contributed by atoms with Crippen molar-refractivity contribution in [2.24, 2.45) is 5.92 Å². The molecule has 1 aromatic carbocycles. The summed E-state index contributed by atoms with van der Waals surface area (Å²) in [5, 5.41) is 0. The molecular weight excluding hydrogens is 392 g/mol. The van der Waals surface area contributed by atoms with Gasteiger partial charge in [0.05, 0.1) is 13.0 Å². The van der Waals surface area contributed by atoms with Gasteiger partial charge in [0.2, 0.25) is 5.88 Å². The van der Waals surface area contributed by atoms with Crippen molar-refractivity contribution in [3.8, 4) is 17.3 Å². The monoisotopic (exact) mass is 417 g/mol. The minimum Gasteiger partial charge on any atom is -0.474 e. The van der Waals surface area contributed by atoms with Crippen molar-refractivity contribution in [1.29, 1.82) is 0 Å². The van der Waals surface area contributed by atoms with Crippen molar-refractivity contribution < 1.29 is 23.0 Å². The van der Waals surface area contributed by atoms with Crippen LogP contribution in [0.2, 0.25) is 0 Å². The second kappa shape index (κ2) is 8.93. The molecule has 30 heavy (non-hydrogen) atoms. The lowest BCUT2D eigenvalue weighted by atomic mass is 9.96. The maximum Gasteiger partial charge on any atom is 0.306 e. The van der Waals surface area contributed by atoms with Crippen LogP contribution in [0.5, 0.6) is 5.88 Å². The van der Waals surface area contributed by atoms with E-state index in [1.54, 1.807) is 17.9 Å². The van der Waals surface area contributed by atoms with Gasteiger partial charge in [-0.25, -0.2) is 13.8 Å². The van der Waals surface area contributed by atoms with Gasteiger partial charge in [0.1, 0.15) is 23.4 Å². The van der Waals surface area contributed by atoms with Crippen molar-refractivity contribution >= 4 is 11.7 Å². The van der Waals surface area contributed by atoms with Crippen molar-refractivity contribution in [3.63, 3.8) is 0 Å². The fourth-order valence-corrected chi connectivity index (χ4v) is 3.86. The molecule has 160 valence electrons. The molecular formula is C22H25F2N3O3. The highest BCUT2D eigenvalue weighted by molar-refractivity contribution is 5.70. The molecule has 1 atom stereocenters. The molecule has 0 amide bonds. The molecule has 2 aromatic rings. The Morgan fingerprint density at radius 1 is 1.23 bits per heavy atom. The normalized spacial score (nSPS) is 18.9. The number of carbonyl (C=O) groups excluding carboxylic acids is 1. The van der Waals surface area contributed by atoms with E-state index in [4.69, 9.17) is 9.47 Å². The Bertz CT molecular complexity index is 897. The molecule has 1 aromatic heterocycles. The number of hydrogen-bond donors (Lipinski definition) is 0. The summed E-state index contributed by atoms with van der Waals surface area (Å²) in [6, 6.07) is 4.15. The number of ether oxygens (including phenoxy) is 2. The summed E-state index contributed by atoms with van der Waals surface area (Å²) in [4.78, 5) is 21.8. The number of benzene rings is 1. The van der Waals surface area contributed by atoms with Crippen LogP contribution in [0.1, 0.15) is 39.0 Å². The highest BCUT2D eigenvalue weighted by Crippen LogP contribution is 2.33. The van der Waals surface area contributed by atoms with Gasteiger partial charge < -0.3 is 14.4 Å². The number of anilines is 1. The van der Waals surface area contributed by atoms with E-state index in [-0.39, 0.29) is 41.5 Å². The molecule has 1 aliphatic heterocycles. The van der Waals surface area contributed by atoms with E-state index in [0.29, 0.717) is 32.0 Å². The van der Waals surface area contributed by atoms with Gasteiger partial charge in [0.25, 0.3) is 0 Å². The Hall–Kier alpha value is -2.77. The number of aromatic nitrogens is 2. The summed E-state index contributed by atoms with van der Waals surface area (Å²) in [6.45, 7) is 2.98. The van der Waals surface area contributed by atoms with Crippen molar-refractivity contribution in [3.05, 3.63) is 36.0 Å². The zero-order chi connectivity index (χ0) is 21.1. The van der Waals surface area contributed by atoms with Crippen LogP contribution in [-0.2, 0) is 9.53 Å². The summed E-state index contributed by atoms with van der Waals surface area (Å²) in [5.41, 5.74) is 0.182. The lowest BCUT2D eigenvalue weighted by Gasteiger charge is -2.25. The third kappa shape index (κ3) is 4.52. The summed E-state index contributed by atoms with van der Waals surface area (Å²) in [7, 11) is 0. The average molecular weight is 417 g/mol. The quantitative estimate of drug-likeness (QED) is 0.631. The zero-order valence-electron chi connectivity index (χ0n) is 16.9.